The van der Waals surface area contributed by atoms with Gasteiger partial charge in [-0.05, 0) is 43.2 Å². The lowest BCUT2D eigenvalue weighted by Gasteiger charge is -2.16. The van der Waals surface area contributed by atoms with E-state index in [-0.39, 0.29) is 11.1 Å². The van der Waals surface area contributed by atoms with Crippen LogP contribution in [0.3, 0.4) is 0 Å². The second kappa shape index (κ2) is 3.31. The number of hydrogen-bond donors (Lipinski definition) is 1. The summed E-state index contributed by atoms with van der Waals surface area (Å²) in [6.07, 6.45) is 5.67. The van der Waals surface area contributed by atoms with Crippen molar-refractivity contribution in [2.45, 2.75) is 43.2 Å². The molecule has 86 valence electrons. The molecule has 0 radical (unpaired) electrons. The van der Waals surface area contributed by atoms with Crippen LogP contribution in [-0.4, -0.2) is 12.6 Å². The van der Waals surface area contributed by atoms with Crippen molar-refractivity contribution < 1.29 is 4.74 Å². The molecule has 0 saturated heterocycles. The lowest BCUT2D eigenvalue weighted by Crippen LogP contribution is -2.24. The molecule has 0 spiro atoms. The summed E-state index contributed by atoms with van der Waals surface area (Å²) >= 11 is 0. The quantitative estimate of drug-likeness (QED) is 0.840. The average molecular weight is 217 g/mol. The number of hydrogen-bond acceptors (Lipinski definition) is 2. The molecule has 2 saturated carbocycles. The molecule has 0 aliphatic heterocycles. The minimum Gasteiger partial charge on any atom is -0.374 e. The van der Waals surface area contributed by atoms with E-state index in [2.05, 4.69) is 24.3 Å². The number of rotatable bonds is 4. The van der Waals surface area contributed by atoms with Gasteiger partial charge in [0.2, 0.25) is 0 Å². The number of benzene rings is 1. The van der Waals surface area contributed by atoms with Gasteiger partial charge >= 0.3 is 0 Å². The molecule has 2 nitrogen and oxygen atoms in total. The molecule has 2 fully saturated rings. The first-order chi connectivity index (χ1) is 7.66. The Hall–Kier alpha value is -0.860. The van der Waals surface area contributed by atoms with E-state index in [0.29, 0.717) is 0 Å². The van der Waals surface area contributed by atoms with E-state index in [1.165, 1.54) is 24.0 Å². The fourth-order valence-corrected chi connectivity index (χ4v) is 2.43. The van der Waals surface area contributed by atoms with Crippen molar-refractivity contribution in [3.05, 3.63) is 35.4 Å². The first kappa shape index (κ1) is 10.3. The zero-order chi connectivity index (χ0) is 11.2. The minimum absolute atomic E-state index is 0.0291. The summed E-state index contributed by atoms with van der Waals surface area (Å²) in [6, 6.07) is 8.77. The van der Waals surface area contributed by atoms with Crippen LogP contribution in [0.15, 0.2) is 24.3 Å². The van der Waals surface area contributed by atoms with Gasteiger partial charge in [0.25, 0.3) is 0 Å². The highest BCUT2D eigenvalue weighted by Gasteiger charge is 2.45. The van der Waals surface area contributed by atoms with Crippen LogP contribution in [0, 0.1) is 0 Å². The summed E-state index contributed by atoms with van der Waals surface area (Å²) < 4.78 is 5.60. The van der Waals surface area contributed by atoms with Crippen molar-refractivity contribution in [1.29, 1.82) is 0 Å². The molecule has 16 heavy (non-hydrogen) atoms. The molecular weight excluding hydrogens is 198 g/mol. The molecule has 2 N–H and O–H groups in total. The number of ether oxygens (including phenoxy) is 1. The van der Waals surface area contributed by atoms with E-state index in [9.17, 15) is 0 Å². The number of methoxy groups -OCH3 is 1. The maximum atomic E-state index is 6.15. The van der Waals surface area contributed by atoms with Gasteiger partial charge in [-0.2, -0.15) is 0 Å². The van der Waals surface area contributed by atoms with Gasteiger partial charge in [0.1, 0.15) is 0 Å². The third-order valence-corrected chi connectivity index (χ3v) is 4.00. The fourth-order valence-electron chi connectivity index (χ4n) is 2.43. The Labute approximate surface area is 96.8 Å². The van der Waals surface area contributed by atoms with Gasteiger partial charge in [-0.3, -0.25) is 0 Å². The Morgan fingerprint density at radius 2 is 2.00 bits per heavy atom. The van der Waals surface area contributed by atoms with E-state index in [1.807, 2.05) is 7.11 Å². The predicted molar refractivity (Wildman–Crippen MR) is 64.2 cm³/mol. The molecule has 1 aromatic rings. The average Bonchev–Trinajstić information content (AvgIpc) is 3.17. The zero-order valence-corrected chi connectivity index (χ0v) is 9.83. The van der Waals surface area contributed by atoms with Crippen LogP contribution >= 0.6 is 0 Å². The van der Waals surface area contributed by atoms with Gasteiger partial charge in [0.05, 0.1) is 5.60 Å². The van der Waals surface area contributed by atoms with Crippen LogP contribution in [0.1, 0.15) is 36.8 Å². The molecule has 2 heteroatoms. The highest BCUT2D eigenvalue weighted by molar-refractivity contribution is 5.33. The van der Waals surface area contributed by atoms with Crippen LogP contribution in [0.4, 0.5) is 0 Å². The van der Waals surface area contributed by atoms with Crippen molar-refractivity contribution >= 4 is 0 Å². The van der Waals surface area contributed by atoms with Crippen molar-refractivity contribution in [3.63, 3.8) is 0 Å². The Morgan fingerprint density at radius 3 is 2.56 bits per heavy atom. The maximum Gasteiger partial charge on any atom is 0.0930 e. The minimum atomic E-state index is 0.0291. The van der Waals surface area contributed by atoms with Gasteiger partial charge in [0, 0.05) is 12.6 Å². The summed E-state index contributed by atoms with van der Waals surface area (Å²) in [4.78, 5) is 0. The first-order valence-corrected chi connectivity index (χ1v) is 6.09. The van der Waals surface area contributed by atoms with E-state index in [1.54, 1.807) is 0 Å². The molecule has 0 heterocycles. The van der Waals surface area contributed by atoms with Gasteiger partial charge in [-0.1, -0.05) is 24.3 Å². The Morgan fingerprint density at radius 1 is 1.25 bits per heavy atom. The van der Waals surface area contributed by atoms with Crippen LogP contribution in [0.25, 0.3) is 0 Å². The Kier molecular flexibility index (Phi) is 2.13. The van der Waals surface area contributed by atoms with Gasteiger partial charge in [-0.15, -0.1) is 0 Å². The molecular formula is C14H19NO. The largest absolute Gasteiger partial charge is 0.374 e. The van der Waals surface area contributed by atoms with Crippen LogP contribution in [-0.2, 0) is 16.8 Å². The van der Waals surface area contributed by atoms with Crippen molar-refractivity contribution in [2.75, 3.05) is 7.11 Å². The van der Waals surface area contributed by atoms with Gasteiger partial charge in [0.15, 0.2) is 0 Å². The summed E-state index contributed by atoms with van der Waals surface area (Å²) in [5, 5.41) is 0. The third-order valence-electron chi connectivity index (χ3n) is 4.00. The Bertz CT molecular complexity index is 405. The lowest BCUT2D eigenvalue weighted by atomic mass is 9.99. The molecule has 0 atom stereocenters. The predicted octanol–water partition coefficient (Wildman–Crippen LogP) is 2.36. The van der Waals surface area contributed by atoms with Gasteiger partial charge in [-0.25, -0.2) is 0 Å². The summed E-state index contributed by atoms with van der Waals surface area (Å²) in [6.45, 7) is 0. The molecule has 2 aliphatic rings. The van der Waals surface area contributed by atoms with Crippen molar-refractivity contribution in [2.24, 2.45) is 5.73 Å². The van der Waals surface area contributed by atoms with E-state index >= 15 is 0 Å². The maximum absolute atomic E-state index is 6.15. The second-order valence-electron chi connectivity index (χ2n) is 5.44. The molecule has 0 aromatic heterocycles. The molecule has 0 bridgehead atoms. The highest BCUT2D eigenvalue weighted by atomic mass is 16.5. The second-order valence-corrected chi connectivity index (χ2v) is 5.44. The summed E-state index contributed by atoms with van der Waals surface area (Å²) in [5.41, 5.74) is 8.98. The standard InChI is InChI=1S/C14H19NO/c1-16-14(7-8-14)12-4-2-3-11(9-12)10-13(15)5-6-13/h2-4,9H,5-8,10,15H2,1H3. The van der Waals surface area contributed by atoms with Crippen molar-refractivity contribution in [3.8, 4) is 0 Å². The topological polar surface area (TPSA) is 35.2 Å². The van der Waals surface area contributed by atoms with E-state index < -0.39 is 0 Å². The number of nitrogens with two attached hydrogens (primary N) is 1. The SMILES string of the molecule is COC1(c2cccc(CC3(N)CC3)c2)CC1. The summed E-state index contributed by atoms with van der Waals surface area (Å²) in [5.74, 6) is 0. The monoisotopic (exact) mass is 217 g/mol. The molecule has 0 amide bonds. The summed E-state index contributed by atoms with van der Waals surface area (Å²) in [7, 11) is 1.81. The highest BCUT2D eigenvalue weighted by Crippen LogP contribution is 2.49. The molecule has 0 unspecified atom stereocenters. The van der Waals surface area contributed by atoms with Gasteiger partial charge < -0.3 is 10.5 Å². The Balaban J connectivity index is 1.82. The van der Waals surface area contributed by atoms with E-state index in [4.69, 9.17) is 10.5 Å². The molecule has 1 aromatic carbocycles. The molecule has 2 aliphatic carbocycles. The first-order valence-electron chi connectivity index (χ1n) is 6.09. The van der Waals surface area contributed by atoms with Crippen LogP contribution < -0.4 is 5.73 Å². The third kappa shape index (κ3) is 1.76. The zero-order valence-electron chi connectivity index (χ0n) is 9.83. The van der Waals surface area contributed by atoms with Crippen molar-refractivity contribution in [1.82, 2.24) is 0 Å². The normalized spacial score (nSPS) is 24.1. The van der Waals surface area contributed by atoms with E-state index in [0.717, 1.165) is 19.3 Å². The fraction of sp³-hybridized carbons (Fsp3) is 0.571. The lowest BCUT2D eigenvalue weighted by molar-refractivity contribution is 0.0788. The van der Waals surface area contributed by atoms with Crippen LogP contribution in [0.5, 0.6) is 0 Å². The smallest absolute Gasteiger partial charge is 0.0930 e. The molecule has 3 rings (SSSR count). The van der Waals surface area contributed by atoms with Crippen LogP contribution in [0.2, 0.25) is 0 Å².